The highest BCUT2D eigenvalue weighted by Gasteiger charge is 2.42. The summed E-state index contributed by atoms with van der Waals surface area (Å²) in [5, 5.41) is 0. The number of rotatable bonds is 14. The molecule has 0 saturated carbocycles. The zero-order valence-corrected chi connectivity index (χ0v) is 82.1. The van der Waals surface area contributed by atoms with E-state index in [9.17, 15) is 18.0 Å². The van der Waals surface area contributed by atoms with Crippen LogP contribution in [0.1, 0.15) is 308 Å². The molecule has 17 nitrogen and oxygen atoms in total. The second-order valence-corrected chi connectivity index (χ2v) is 38.8. The first-order chi connectivity index (χ1) is 54.8. The molecule has 10 aliphatic heterocycles. The van der Waals surface area contributed by atoms with E-state index in [0.29, 0.717) is 37.0 Å². The van der Waals surface area contributed by atoms with E-state index in [1.807, 2.05) is 23.6 Å². The summed E-state index contributed by atoms with van der Waals surface area (Å²) in [5.74, 6) is 0.834. The molecule has 0 bridgehead atoms. The van der Waals surface area contributed by atoms with E-state index in [1.54, 1.807) is 14.0 Å². The van der Waals surface area contributed by atoms with Crippen LogP contribution in [0.3, 0.4) is 0 Å². The molecule has 0 aromatic heterocycles. The van der Waals surface area contributed by atoms with Crippen molar-refractivity contribution in [2.75, 3.05) is 217 Å². The maximum Gasteiger partial charge on any atom is 0.393 e. The standard InChI is InChI=1S/C11H22N2O.C11H24N2.C10H20N2O.C10H22N2.C9H16F3N.C9H20N2.4C9H19N/c1-10(2)12-6-5-7-13(9-8-12)11(3)14-4;1-10(2)12-6-5-7-13(9-8-12)11(3)4;1-9(2)11-5-4-6-12(8-7-11)10(3)13;1-4-11-6-5-7-12(9-8-11)10(2)3;1-7(2)13-5-3-4-8(6-13)9(10,11)12;1-9(2)11-6-4-5-10(3)7-8-11;1-8(2)10-6-4-5-9(3)7-10;3*1-9(2)10-7-5-3-4-6-8-10/h10H,3,5-9H2,1-2,4H3;10-11H,5-9H2,1-4H3;9H,4-8H2,1-3H3;10H,4-9H2,1-3H3;7-8H,3-6H2,1-2H3;9H,4-8H2,1-3H3;8-9H,4-7H2,1-3H3;3*9H,3-8H2,1-2H3/t;;;;8-;;9-;;;/m....1.0.../s1. The monoisotopic (exact) mass is 1650 g/mol. The molecule has 0 aromatic carbocycles. The van der Waals surface area contributed by atoms with Crippen molar-refractivity contribution >= 4 is 5.91 Å². The first-order valence-corrected chi connectivity index (χ1v) is 48.7. The molecule has 116 heavy (non-hydrogen) atoms. The molecule has 1 amide bonds. The van der Waals surface area contributed by atoms with E-state index in [-0.39, 0.29) is 18.5 Å². The molecule has 10 rings (SSSR count). The van der Waals surface area contributed by atoms with Gasteiger partial charge in [0.05, 0.1) is 13.0 Å². The Morgan fingerprint density at radius 3 is 0.888 bits per heavy atom. The van der Waals surface area contributed by atoms with Gasteiger partial charge < -0.3 is 48.8 Å². The molecule has 0 spiro atoms. The number of likely N-dealkylation sites (tertiary alicyclic amines) is 5. The van der Waals surface area contributed by atoms with E-state index < -0.39 is 12.1 Å². The minimum absolute atomic E-state index is 0.182. The number of carbonyl (C=O) groups is 1. The van der Waals surface area contributed by atoms with Crippen LogP contribution >= 0.6 is 0 Å². The molecule has 692 valence electrons. The number of nitrogens with zero attached hydrogens (tertiary/aromatic N) is 15. The van der Waals surface area contributed by atoms with E-state index >= 15 is 0 Å². The van der Waals surface area contributed by atoms with Gasteiger partial charge in [0.25, 0.3) is 0 Å². The van der Waals surface area contributed by atoms with Crippen LogP contribution in [-0.2, 0) is 9.53 Å². The summed E-state index contributed by atoms with van der Waals surface area (Å²) in [6.45, 7) is 96.0. The Morgan fingerprint density at radius 1 is 0.319 bits per heavy atom. The number of likely N-dealkylation sites (N-methyl/N-ethyl adjacent to an activating group) is 2. The van der Waals surface area contributed by atoms with Crippen LogP contribution in [0.15, 0.2) is 12.5 Å². The van der Waals surface area contributed by atoms with Gasteiger partial charge in [-0.15, -0.1) is 0 Å². The van der Waals surface area contributed by atoms with E-state index in [2.05, 4.69) is 230 Å². The van der Waals surface area contributed by atoms with Gasteiger partial charge in [-0.3, -0.25) is 34.2 Å². The quantitative estimate of drug-likeness (QED) is 0.155. The predicted molar refractivity (Wildman–Crippen MR) is 499 cm³/mol. The van der Waals surface area contributed by atoms with Gasteiger partial charge in [0, 0.05) is 178 Å². The van der Waals surface area contributed by atoms with Crippen molar-refractivity contribution in [3.05, 3.63) is 12.5 Å². The van der Waals surface area contributed by atoms with Gasteiger partial charge in [0.15, 0.2) is 5.88 Å². The van der Waals surface area contributed by atoms with E-state index in [0.717, 1.165) is 107 Å². The van der Waals surface area contributed by atoms with E-state index in [4.69, 9.17) is 4.74 Å². The van der Waals surface area contributed by atoms with Crippen molar-refractivity contribution < 1.29 is 22.7 Å². The van der Waals surface area contributed by atoms with Crippen LogP contribution in [0.4, 0.5) is 13.2 Å². The molecule has 0 unspecified atom stereocenters. The number of halogens is 3. The van der Waals surface area contributed by atoms with Crippen LogP contribution in [0.2, 0.25) is 0 Å². The molecule has 0 aliphatic carbocycles. The molecule has 0 N–H and O–H groups in total. The third kappa shape index (κ3) is 52.6. The largest absolute Gasteiger partial charge is 0.483 e. The normalized spacial score (nSPS) is 23.4. The lowest BCUT2D eigenvalue weighted by molar-refractivity contribution is -0.188. The van der Waals surface area contributed by atoms with Crippen LogP contribution in [-0.4, -0.2) is 369 Å². The molecule has 20 heteroatoms. The SMILES string of the molecule is C=C(OC)N1CCCN(C(C)C)CC1.CC(=O)N1CCCN(C(C)C)CC1.CC(C)N1CCCCCC1.CC(C)N1CCCCCC1.CC(C)N1CCCCCC1.CC(C)N1CCCN(C(C)C)CC1.CC(C)N1CCCN(C)CC1.CC(C)N1CCC[C@@H](C(F)(F)F)C1.CC(C)N1CCC[C@H](C)C1.CCN1CCCN(C(C)C)CC1. The molecule has 10 saturated heterocycles. The summed E-state index contributed by atoms with van der Waals surface area (Å²) in [6.07, 6.45) is 23.3. The van der Waals surface area contributed by atoms with Gasteiger partial charge in [-0.25, -0.2) is 0 Å². The average molecular weight is 1650 g/mol. The summed E-state index contributed by atoms with van der Waals surface area (Å²) < 4.78 is 42.2. The number of carbonyl (C=O) groups excluding carboxylic acids is 1. The lowest BCUT2D eigenvalue weighted by atomic mass is 9.96. The second kappa shape index (κ2) is 65.7. The molecular weight excluding hydrogens is 1450 g/mol. The smallest absolute Gasteiger partial charge is 0.393 e. The van der Waals surface area contributed by atoms with Crippen molar-refractivity contribution in [2.24, 2.45) is 11.8 Å². The van der Waals surface area contributed by atoms with Gasteiger partial charge in [-0.1, -0.05) is 52.4 Å². The highest BCUT2D eigenvalue weighted by atomic mass is 19.4. The number of amides is 1. The Hall–Kier alpha value is -1.92. The zero-order chi connectivity index (χ0) is 87.3. The Bertz CT molecular complexity index is 2210. The number of hydrogen-bond acceptors (Lipinski definition) is 16. The van der Waals surface area contributed by atoms with Crippen molar-refractivity contribution in [3.8, 4) is 0 Å². The molecule has 2 atom stereocenters. The molecular formula is C96H200F3N15O2. The summed E-state index contributed by atoms with van der Waals surface area (Å²) >= 11 is 0. The minimum atomic E-state index is -4.01. The van der Waals surface area contributed by atoms with Crippen LogP contribution in [0.5, 0.6) is 0 Å². The maximum atomic E-state index is 12.4. The highest BCUT2D eigenvalue weighted by molar-refractivity contribution is 5.73. The molecule has 0 radical (unpaired) electrons. The van der Waals surface area contributed by atoms with Crippen molar-refractivity contribution in [1.29, 1.82) is 0 Å². The summed E-state index contributed by atoms with van der Waals surface area (Å²) in [7, 11) is 3.90. The van der Waals surface area contributed by atoms with Crippen molar-refractivity contribution in [2.45, 2.75) is 381 Å². The number of piperidine rings is 2. The number of alkyl halides is 3. The Kier molecular flexibility index (Phi) is 63.5. The number of hydrogen-bond donors (Lipinski definition) is 0. The fraction of sp³-hybridized carbons (Fsp3) is 0.969. The van der Waals surface area contributed by atoms with Gasteiger partial charge in [0.2, 0.25) is 5.91 Å². The lowest BCUT2D eigenvalue weighted by Gasteiger charge is -2.36. The molecule has 0 aromatic rings. The minimum Gasteiger partial charge on any atom is -0.483 e. The second-order valence-electron chi connectivity index (χ2n) is 38.8. The van der Waals surface area contributed by atoms with Crippen LogP contribution in [0.25, 0.3) is 0 Å². The first-order valence-electron chi connectivity index (χ1n) is 48.7. The first kappa shape index (κ1) is 112. The predicted octanol–water partition coefficient (Wildman–Crippen LogP) is 18.3. The average Bonchev–Trinajstić information content (AvgIpc) is 1.10. The summed E-state index contributed by atoms with van der Waals surface area (Å²) in [5.41, 5.74) is 0. The maximum absolute atomic E-state index is 12.4. The fourth-order valence-electron chi connectivity index (χ4n) is 17.3. The molecule has 10 fully saturated rings. The van der Waals surface area contributed by atoms with Gasteiger partial charge in [-0.05, 0) is 366 Å². The zero-order valence-electron chi connectivity index (χ0n) is 82.1. The Morgan fingerprint density at radius 2 is 0.578 bits per heavy atom. The molecule has 10 heterocycles. The van der Waals surface area contributed by atoms with Gasteiger partial charge >= 0.3 is 6.18 Å². The molecule has 10 aliphatic rings. The van der Waals surface area contributed by atoms with Gasteiger partial charge in [0.1, 0.15) is 0 Å². The highest BCUT2D eigenvalue weighted by Crippen LogP contribution is 2.34. The topological polar surface area (TPSA) is 74.9 Å². The number of ether oxygens (including phenoxy) is 1. The third-order valence-electron chi connectivity index (χ3n) is 26.0. The van der Waals surface area contributed by atoms with Crippen LogP contribution < -0.4 is 0 Å². The summed E-state index contributed by atoms with van der Waals surface area (Å²) in [4.78, 5) is 47.8. The van der Waals surface area contributed by atoms with Crippen LogP contribution in [0, 0.1) is 11.8 Å². The summed E-state index contributed by atoms with van der Waals surface area (Å²) in [6, 6.07) is 7.39. The third-order valence-corrected chi connectivity index (χ3v) is 26.0. The fourth-order valence-corrected chi connectivity index (χ4v) is 17.3. The van der Waals surface area contributed by atoms with Crippen molar-refractivity contribution in [1.82, 2.24) is 73.5 Å². The van der Waals surface area contributed by atoms with Gasteiger partial charge in [-0.2, -0.15) is 13.2 Å². The number of methoxy groups -OCH3 is 1. The Balaban J connectivity index is 0.000000646. The van der Waals surface area contributed by atoms with E-state index in [1.165, 1.54) is 260 Å². The van der Waals surface area contributed by atoms with Crippen molar-refractivity contribution in [3.63, 3.8) is 0 Å². The Labute approximate surface area is 720 Å². The lowest BCUT2D eigenvalue weighted by Crippen LogP contribution is -2.44.